The van der Waals surface area contributed by atoms with Gasteiger partial charge in [-0.3, -0.25) is 5.73 Å². The maximum Gasteiger partial charge on any atom is 0.214 e. The van der Waals surface area contributed by atoms with Crippen LogP contribution in [0, 0.1) is 5.82 Å². The molecule has 3 aliphatic heterocycles. The smallest absolute Gasteiger partial charge is 0.214 e. The highest BCUT2D eigenvalue weighted by atomic mass is 19.1. The number of ether oxygens (including phenoxy) is 1. The molecular formula is C21H28FN5O. The van der Waals surface area contributed by atoms with E-state index < -0.39 is 5.79 Å². The summed E-state index contributed by atoms with van der Waals surface area (Å²) in [6.45, 7) is 5.31. The summed E-state index contributed by atoms with van der Waals surface area (Å²) in [5.74, 6) is -0.454. The highest BCUT2D eigenvalue weighted by molar-refractivity contribution is 5.94. The van der Waals surface area contributed by atoms with Crippen molar-refractivity contribution in [2.75, 3.05) is 20.2 Å². The Bertz CT molecular complexity index is 891. The molecule has 6 nitrogen and oxygen atoms in total. The molecule has 4 rings (SSSR count). The first-order chi connectivity index (χ1) is 13.4. The first kappa shape index (κ1) is 19.0. The Morgan fingerprint density at radius 3 is 3.00 bits per heavy atom. The molecule has 7 heteroatoms. The topological polar surface area (TPSA) is 83.7 Å². The van der Waals surface area contributed by atoms with Crippen LogP contribution in [0.15, 0.2) is 28.9 Å². The van der Waals surface area contributed by atoms with E-state index in [1.165, 1.54) is 0 Å². The molecule has 0 saturated heterocycles. The van der Waals surface area contributed by atoms with Gasteiger partial charge in [-0.05, 0) is 50.0 Å². The number of rotatable bonds is 2. The third-order valence-corrected chi connectivity index (χ3v) is 5.60. The second-order valence-electron chi connectivity index (χ2n) is 7.74. The molecule has 0 saturated carbocycles. The standard InChI is InChI=1S/C21H28FN5O/c1-12-4-5-14(6-8-25-12)18-19(22)16(11-15-7-9-28-20(15)18)21(23)26-13(2)10-17(24-3)27-21/h6,10-12,25-26H,4-5,7-9,23H2,1-3H3,(H,24,27). The zero-order chi connectivity index (χ0) is 19.9. The molecule has 0 aromatic heterocycles. The molecule has 2 atom stereocenters. The molecule has 3 heterocycles. The van der Waals surface area contributed by atoms with E-state index in [4.69, 9.17) is 10.5 Å². The van der Waals surface area contributed by atoms with Gasteiger partial charge in [0, 0.05) is 31.8 Å². The molecule has 0 spiro atoms. The van der Waals surface area contributed by atoms with E-state index in [2.05, 4.69) is 33.9 Å². The van der Waals surface area contributed by atoms with Crippen LogP contribution in [0.4, 0.5) is 4.39 Å². The second kappa shape index (κ2) is 7.22. The highest BCUT2D eigenvalue weighted by Crippen LogP contribution is 2.42. The van der Waals surface area contributed by atoms with Crippen LogP contribution < -0.4 is 26.4 Å². The molecule has 1 aromatic rings. The zero-order valence-corrected chi connectivity index (χ0v) is 16.7. The normalized spacial score (nSPS) is 26.9. The number of halogens is 1. The van der Waals surface area contributed by atoms with Crippen molar-refractivity contribution in [3.05, 3.63) is 46.4 Å². The summed E-state index contributed by atoms with van der Waals surface area (Å²) in [5, 5.41) is 9.58. The van der Waals surface area contributed by atoms with E-state index in [9.17, 15) is 0 Å². The number of nitrogens with zero attached hydrogens (tertiary/aromatic N) is 1. The minimum atomic E-state index is -1.37. The molecule has 3 aliphatic rings. The van der Waals surface area contributed by atoms with Crippen LogP contribution in [0.5, 0.6) is 5.75 Å². The van der Waals surface area contributed by atoms with E-state index in [1.807, 2.05) is 19.1 Å². The lowest BCUT2D eigenvalue weighted by molar-refractivity contribution is 0.350. The molecule has 0 fully saturated rings. The highest BCUT2D eigenvalue weighted by Gasteiger charge is 2.37. The lowest BCUT2D eigenvalue weighted by Gasteiger charge is -2.33. The number of nitrogens with two attached hydrogens (primary N) is 1. The molecule has 0 radical (unpaired) electrons. The minimum Gasteiger partial charge on any atom is -0.492 e. The SMILES string of the molecule is CNC1=NC(N)(c2cc3c(c(C4=CCNC(C)CC4)c2F)OCC3)NC(C)=C1. The van der Waals surface area contributed by atoms with Gasteiger partial charge in [0.2, 0.25) is 5.79 Å². The summed E-state index contributed by atoms with van der Waals surface area (Å²) in [7, 11) is 1.77. The number of hydrogen-bond donors (Lipinski definition) is 4. The Balaban J connectivity index is 1.86. The molecule has 2 unspecified atom stereocenters. The number of nitrogens with one attached hydrogen (secondary N) is 3. The van der Waals surface area contributed by atoms with Crippen LogP contribution in [-0.4, -0.2) is 32.1 Å². The van der Waals surface area contributed by atoms with Crippen LogP contribution in [0.2, 0.25) is 0 Å². The van der Waals surface area contributed by atoms with Gasteiger partial charge in [-0.25, -0.2) is 9.38 Å². The van der Waals surface area contributed by atoms with E-state index in [0.29, 0.717) is 41.9 Å². The van der Waals surface area contributed by atoms with Crippen molar-refractivity contribution in [1.82, 2.24) is 16.0 Å². The largest absolute Gasteiger partial charge is 0.492 e. The Kier molecular flexibility index (Phi) is 4.89. The number of fused-ring (bicyclic) bond motifs is 1. The summed E-state index contributed by atoms with van der Waals surface area (Å²) >= 11 is 0. The molecule has 0 amide bonds. The van der Waals surface area contributed by atoms with Crippen molar-refractivity contribution in [3.63, 3.8) is 0 Å². The first-order valence-electron chi connectivity index (χ1n) is 9.85. The molecule has 0 aliphatic carbocycles. The van der Waals surface area contributed by atoms with Crippen LogP contribution >= 0.6 is 0 Å². The van der Waals surface area contributed by atoms with Gasteiger partial charge in [-0.1, -0.05) is 6.08 Å². The van der Waals surface area contributed by atoms with E-state index >= 15 is 4.39 Å². The summed E-state index contributed by atoms with van der Waals surface area (Å²) in [5.41, 5.74) is 10.3. The van der Waals surface area contributed by atoms with Crippen LogP contribution in [0.1, 0.15) is 43.4 Å². The Morgan fingerprint density at radius 2 is 2.21 bits per heavy atom. The third kappa shape index (κ3) is 3.29. The maximum absolute atomic E-state index is 16.0. The number of amidine groups is 1. The quantitative estimate of drug-likeness (QED) is 0.627. The van der Waals surface area contributed by atoms with Gasteiger partial charge >= 0.3 is 0 Å². The van der Waals surface area contributed by atoms with Crippen LogP contribution in [-0.2, 0) is 12.2 Å². The van der Waals surface area contributed by atoms with Gasteiger partial charge in [0.15, 0.2) is 0 Å². The van der Waals surface area contributed by atoms with Crippen molar-refractivity contribution in [1.29, 1.82) is 0 Å². The van der Waals surface area contributed by atoms with Gasteiger partial charge in [-0.2, -0.15) is 0 Å². The molecular weight excluding hydrogens is 357 g/mol. The number of likely N-dealkylation sites (N-methyl/N-ethyl adjacent to an activating group) is 1. The van der Waals surface area contributed by atoms with Gasteiger partial charge in [0.25, 0.3) is 0 Å². The van der Waals surface area contributed by atoms with Crippen LogP contribution in [0.3, 0.4) is 0 Å². The van der Waals surface area contributed by atoms with Crippen molar-refractivity contribution in [3.8, 4) is 5.75 Å². The average molecular weight is 385 g/mol. The monoisotopic (exact) mass is 385 g/mol. The average Bonchev–Trinajstić information content (AvgIpc) is 3.01. The third-order valence-electron chi connectivity index (χ3n) is 5.60. The molecule has 5 N–H and O–H groups in total. The predicted molar refractivity (Wildman–Crippen MR) is 110 cm³/mol. The van der Waals surface area contributed by atoms with E-state index in [-0.39, 0.29) is 5.82 Å². The number of benzene rings is 1. The Hall–Kier alpha value is -2.38. The van der Waals surface area contributed by atoms with Crippen LogP contribution in [0.25, 0.3) is 5.57 Å². The number of allylic oxidation sites excluding steroid dienone is 2. The van der Waals surface area contributed by atoms with Gasteiger partial charge in [-0.15, -0.1) is 0 Å². The summed E-state index contributed by atoms with van der Waals surface area (Å²) in [4.78, 5) is 4.54. The molecule has 28 heavy (non-hydrogen) atoms. The van der Waals surface area contributed by atoms with Gasteiger partial charge in [0.05, 0.1) is 17.7 Å². The van der Waals surface area contributed by atoms with E-state index in [1.54, 1.807) is 7.05 Å². The fourth-order valence-electron chi connectivity index (χ4n) is 4.11. The lowest BCUT2D eigenvalue weighted by Crippen LogP contribution is -2.52. The predicted octanol–water partition coefficient (Wildman–Crippen LogP) is 2.11. The fourth-order valence-corrected chi connectivity index (χ4v) is 4.11. The molecule has 0 bridgehead atoms. The minimum absolute atomic E-state index is 0.345. The maximum atomic E-state index is 16.0. The Labute approximate surface area is 165 Å². The summed E-state index contributed by atoms with van der Waals surface area (Å²) in [6.07, 6.45) is 6.39. The summed E-state index contributed by atoms with van der Waals surface area (Å²) in [6, 6.07) is 2.20. The number of aliphatic imine (C=N–C) groups is 1. The van der Waals surface area contributed by atoms with Crippen molar-refractivity contribution in [2.45, 2.75) is 44.9 Å². The lowest BCUT2D eigenvalue weighted by atomic mass is 9.91. The summed E-state index contributed by atoms with van der Waals surface area (Å²) < 4.78 is 21.8. The first-order valence-corrected chi connectivity index (χ1v) is 9.85. The molecule has 1 aromatic carbocycles. The fraction of sp³-hybridized carbons (Fsp3) is 0.476. The van der Waals surface area contributed by atoms with E-state index in [0.717, 1.165) is 36.1 Å². The van der Waals surface area contributed by atoms with Gasteiger partial charge < -0.3 is 20.7 Å². The zero-order valence-electron chi connectivity index (χ0n) is 16.7. The van der Waals surface area contributed by atoms with Crippen molar-refractivity contribution in [2.24, 2.45) is 10.7 Å². The molecule has 150 valence electrons. The van der Waals surface area contributed by atoms with Crippen molar-refractivity contribution < 1.29 is 9.13 Å². The number of hydrogen-bond acceptors (Lipinski definition) is 6. The van der Waals surface area contributed by atoms with Gasteiger partial charge in [0.1, 0.15) is 17.4 Å². The second-order valence-corrected chi connectivity index (χ2v) is 7.74. The Morgan fingerprint density at radius 1 is 1.39 bits per heavy atom. The van der Waals surface area contributed by atoms with Crippen molar-refractivity contribution >= 4 is 11.4 Å².